The number of rotatable bonds is 4. The minimum atomic E-state index is 0.449. The molecule has 0 atom stereocenters. The van der Waals surface area contributed by atoms with Gasteiger partial charge in [-0.3, -0.25) is 5.41 Å². The predicted octanol–water partition coefficient (Wildman–Crippen LogP) is 1.54. The van der Waals surface area contributed by atoms with E-state index in [0.717, 1.165) is 11.9 Å². The van der Waals surface area contributed by atoms with Crippen LogP contribution in [-0.2, 0) is 0 Å². The summed E-state index contributed by atoms with van der Waals surface area (Å²) in [6.45, 7) is 5.27. The average Bonchev–Trinajstić information content (AvgIpc) is 2.03. The minimum absolute atomic E-state index is 0.449. The Morgan fingerprint density at radius 1 is 1.42 bits per heavy atom. The number of hydrogen-bond donors (Lipinski definition) is 3. The van der Waals surface area contributed by atoms with Crippen LogP contribution < -0.4 is 5.32 Å². The van der Waals surface area contributed by atoms with Crippen LogP contribution in [0.4, 0.5) is 0 Å². The fourth-order valence-electron chi connectivity index (χ4n) is 0.617. The molecule has 0 aliphatic heterocycles. The van der Waals surface area contributed by atoms with Gasteiger partial charge in [0.05, 0.1) is 6.34 Å². The van der Waals surface area contributed by atoms with Gasteiger partial charge < -0.3 is 10.7 Å². The van der Waals surface area contributed by atoms with Crippen LogP contribution in [0.25, 0.3) is 0 Å². The van der Waals surface area contributed by atoms with Crippen molar-refractivity contribution in [1.29, 1.82) is 10.8 Å². The molecular weight excluding hydrogens is 152 g/mol. The van der Waals surface area contributed by atoms with Crippen molar-refractivity contribution in [2.45, 2.75) is 20.8 Å². The largest absolute Gasteiger partial charge is 0.331 e. The molecule has 0 saturated carbocycles. The summed E-state index contributed by atoms with van der Waals surface area (Å²) in [5, 5.41) is 16.8. The number of allylic oxidation sites excluding steroid dienone is 1. The molecule has 0 radical (unpaired) electrons. The zero-order chi connectivity index (χ0) is 9.56. The Morgan fingerprint density at radius 2 is 2.00 bits per heavy atom. The molecule has 0 fully saturated rings. The Labute approximate surface area is 72.4 Å². The SMILES string of the molecule is C/C=N\C(NC=N)=C(\C)C(C)=N. The van der Waals surface area contributed by atoms with E-state index >= 15 is 0 Å². The van der Waals surface area contributed by atoms with E-state index in [1.54, 1.807) is 27.0 Å². The molecule has 0 spiro atoms. The summed E-state index contributed by atoms with van der Waals surface area (Å²) < 4.78 is 0. The Hall–Kier alpha value is -1.45. The highest BCUT2D eigenvalue weighted by molar-refractivity contribution is 5.96. The van der Waals surface area contributed by atoms with Crippen molar-refractivity contribution in [2.24, 2.45) is 4.99 Å². The third-order valence-electron chi connectivity index (χ3n) is 1.38. The van der Waals surface area contributed by atoms with Gasteiger partial charge in [0.2, 0.25) is 0 Å². The summed E-state index contributed by atoms with van der Waals surface area (Å²) in [5.41, 5.74) is 1.20. The Balaban J connectivity index is 4.78. The molecule has 0 aliphatic rings. The molecule has 4 nitrogen and oxygen atoms in total. The van der Waals surface area contributed by atoms with Gasteiger partial charge in [-0.05, 0) is 20.8 Å². The van der Waals surface area contributed by atoms with Crippen molar-refractivity contribution >= 4 is 18.3 Å². The summed E-state index contributed by atoms with van der Waals surface area (Å²) in [6, 6.07) is 0. The minimum Gasteiger partial charge on any atom is -0.331 e. The van der Waals surface area contributed by atoms with Crippen LogP contribution in [0.2, 0.25) is 0 Å². The van der Waals surface area contributed by atoms with Crippen LogP contribution in [0.1, 0.15) is 20.8 Å². The Morgan fingerprint density at radius 3 is 2.33 bits per heavy atom. The highest BCUT2D eigenvalue weighted by Crippen LogP contribution is 2.02. The molecule has 0 bridgehead atoms. The lowest BCUT2D eigenvalue weighted by Crippen LogP contribution is -2.12. The van der Waals surface area contributed by atoms with Gasteiger partial charge in [-0.15, -0.1) is 0 Å². The van der Waals surface area contributed by atoms with Gasteiger partial charge in [0.15, 0.2) is 0 Å². The fraction of sp³-hybridized carbons (Fsp3) is 0.375. The molecule has 0 saturated heterocycles. The standard InChI is InChI=1S/C8H14N4/c1-4-11-8(12-5-9)6(2)7(3)10/h4-5,10H,1-3H3,(H2,9,12)/b8-6+,10-7?,11-4-. The molecule has 3 N–H and O–H groups in total. The van der Waals surface area contributed by atoms with Gasteiger partial charge in [0.1, 0.15) is 5.82 Å². The smallest absolute Gasteiger partial charge is 0.135 e. The highest BCUT2D eigenvalue weighted by atomic mass is 15.0. The summed E-state index contributed by atoms with van der Waals surface area (Å²) in [5.74, 6) is 0.556. The van der Waals surface area contributed by atoms with Crippen LogP contribution in [-0.4, -0.2) is 18.3 Å². The lowest BCUT2D eigenvalue weighted by Gasteiger charge is -2.04. The van der Waals surface area contributed by atoms with Gasteiger partial charge in [0, 0.05) is 17.5 Å². The van der Waals surface area contributed by atoms with E-state index in [0.29, 0.717) is 11.5 Å². The average molecular weight is 166 g/mol. The second kappa shape index (κ2) is 5.23. The van der Waals surface area contributed by atoms with E-state index in [2.05, 4.69) is 10.3 Å². The van der Waals surface area contributed by atoms with Gasteiger partial charge in [-0.2, -0.15) is 0 Å². The molecule has 0 rings (SSSR count). The van der Waals surface area contributed by atoms with Crippen molar-refractivity contribution in [3.05, 3.63) is 11.4 Å². The summed E-state index contributed by atoms with van der Waals surface area (Å²) in [6.07, 6.45) is 2.67. The number of nitrogens with one attached hydrogen (secondary N) is 3. The molecule has 0 aliphatic carbocycles. The maximum absolute atomic E-state index is 7.34. The lowest BCUT2D eigenvalue weighted by molar-refractivity contribution is 1.07. The third-order valence-corrected chi connectivity index (χ3v) is 1.38. The van der Waals surface area contributed by atoms with Crippen molar-refractivity contribution in [2.75, 3.05) is 0 Å². The second-order valence-electron chi connectivity index (χ2n) is 2.27. The van der Waals surface area contributed by atoms with E-state index in [-0.39, 0.29) is 0 Å². The Kier molecular flexibility index (Phi) is 4.60. The van der Waals surface area contributed by atoms with Gasteiger partial charge in [-0.25, -0.2) is 4.99 Å². The summed E-state index contributed by atoms with van der Waals surface area (Å²) >= 11 is 0. The first-order valence-electron chi connectivity index (χ1n) is 3.64. The monoisotopic (exact) mass is 166 g/mol. The predicted molar refractivity (Wildman–Crippen MR) is 52.2 cm³/mol. The molecule has 0 amide bonds. The molecule has 66 valence electrons. The Bertz CT molecular complexity index is 237. The maximum Gasteiger partial charge on any atom is 0.135 e. The first-order chi connectivity index (χ1) is 5.63. The van der Waals surface area contributed by atoms with Gasteiger partial charge in [-0.1, -0.05) is 0 Å². The number of hydrogen-bond acceptors (Lipinski definition) is 3. The maximum atomic E-state index is 7.34. The second-order valence-corrected chi connectivity index (χ2v) is 2.27. The molecular formula is C8H14N4. The third kappa shape index (κ3) is 3.09. The molecule has 0 unspecified atom stereocenters. The highest BCUT2D eigenvalue weighted by Gasteiger charge is 1.99. The summed E-state index contributed by atoms with van der Waals surface area (Å²) in [4.78, 5) is 3.99. The van der Waals surface area contributed by atoms with Gasteiger partial charge in [0.25, 0.3) is 0 Å². The topological polar surface area (TPSA) is 72.1 Å². The van der Waals surface area contributed by atoms with E-state index in [1.165, 1.54) is 0 Å². The molecule has 4 heteroatoms. The number of nitrogens with zero attached hydrogens (tertiary/aromatic N) is 1. The molecule has 0 heterocycles. The van der Waals surface area contributed by atoms with Crippen LogP contribution in [0.15, 0.2) is 16.4 Å². The van der Waals surface area contributed by atoms with Crippen LogP contribution in [0.5, 0.6) is 0 Å². The van der Waals surface area contributed by atoms with Crippen molar-refractivity contribution < 1.29 is 0 Å². The molecule has 0 aromatic rings. The van der Waals surface area contributed by atoms with Crippen LogP contribution in [0.3, 0.4) is 0 Å². The van der Waals surface area contributed by atoms with E-state index in [4.69, 9.17) is 10.8 Å². The quantitative estimate of drug-likeness (QED) is 0.430. The first kappa shape index (κ1) is 10.6. The summed E-state index contributed by atoms with van der Waals surface area (Å²) in [7, 11) is 0. The first-order valence-corrected chi connectivity index (χ1v) is 3.64. The van der Waals surface area contributed by atoms with E-state index in [1.807, 2.05) is 0 Å². The normalized spacial score (nSPS) is 12.6. The van der Waals surface area contributed by atoms with E-state index in [9.17, 15) is 0 Å². The van der Waals surface area contributed by atoms with Crippen LogP contribution in [0, 0.1) is 10.8 Å². The molecule has 0 aromatic heterocycles. The lowest BCUT2D eigenvalue weighted by atomic mass is 10.2. The molecule has 12 heavy (non-hydrogen) atoms. The van der Waals surface area contributed by atoms with Crippen molar-refractivity contribution in [3.63, 3.8) is 0 Å². The van der Waals surface area contributed by atoms with E-state index < -0.39 is 0 Å². The number of aliphatic imine (C=N–C) groups is 1. The van der Waals surface area contributed by atoms with Crippen molar-refractivity contribution in [3.8, 4) is 0 Å². The van der Waals surface area contributed by atoms with Gasteiger partial charge >= 0.3 is 0 Å². The van der Waals surface area contributed by atoms with Crippen molar-refractivity contribution in [1.82, 2.24) is 5.32 Å². The fourth-order valence-corrected chi connectivity index (χ4v) is 0.617. The van der Waals surface area contributed by atoms with Crippen LogP contribution >= 0.6 is 0 Å². The zero-order valence-corrected chi connectivity index (χ0v) is 7.60. The zero-order valence-electron chi connectivity index (χ0n) is 7.60. The molecule has 0 aromatic carbocycles.